The van der Waals surface area contributed by atoms with Gasteiger partial charge in [0.05, 0.1) is 0 Å². The van der Waals surface area contributed by atoms with Gasteiger partial charge in [0, 0.05) is 18.7 Å². The van der Waals surface area contributed by atoms with Crippen LogP contribution in [-0.2, 0) is 17.8 Å². The minimum Gasteiger partial charge on any atom is -0.406 e. The number of nitrogens with zero attached hydrogens (tertiary/aromatic N) is 1. The minimum absolute atomic E-state index is 0.0358. The summed E-state index contributed by atoms with van der Waals surface area (Å²) < 4.78 is 40.2. The van der Waals surface area contributed by atoms with Crippen molar-refractivity contribution in [2.75, 3.05) is 13.1 Å². The highest BCUT2D eigenvalue weighted by Crippen LogP contribution is 2.23. The summed E-state index contributed by atoms with van der Waals surface area (Å²) in [6.07, 6.45) is -4.27. The number of carbonyl (C=O) groups excluding carboxylic acids is 2. The van der Waals surface area contributed by atoms with Gasteiger partial charge in [0.25, 0.3) is 5.91 Å². The van der Waals surface area contributed by atoms with Crippen LogP contribution >= 0.6 is 0 Å². The summed E-state index contributed by atoms with van der Waals surface area (Å²) in [5.74, 6) is -0.739. The SMILES string of the molecule is O=C(CN1Cc2ccccc2C1=O)NCCc1ccc(OC(F)(F)F)cc1. The number of halogens is 3. The molecule has 1 aliphatic heterocycles. The van der Waals surface area contributed by atoms with Crippen LogP contribution in [0.1, 0.15) is 21.5 Å². The van der Waals surface area contributed by atoms with Gasteiger partial charge < -0.3 is 15.0 Å². The molecule has 1 N–H and O–H groups in total. The number of rotatable bonds is 6. The molecule has 3 rings (SSSR count). The molecule has 0 atom stereocenters. The molecule has 0 saturated carbocycles. The number of hydrogen-bond acceptors (Lipinski definition) is 3. The van der Waals surface area contributed by atoms with Crippen molar-refractivity contribution in [1.82, 2.24) is 10.2 Å². The second-order valence-electron chi connectivity index (χ2n) is 6.11. The van der Waals surface area contributed by atoms with E-state index in [0.29, 0.717) is 25.1 Å². The van der Waals surface area contributed by atoms with Crippen LogP contribution in [0.5, 0.6) is 5.75 Å². The first kappa shape index (κ1) is 18.8. The first-order valence-corrected chi connectivity index (χ1v) is 8.30. The number of ether oxygens (including phenoxy) is 1. The lowest BCUT2D eigenvalue weighted by molar-refractivity contribution is -0.274. The maximum atomic E-state index is 12.2. The number of carbonyl (C=O) groups is 2. The third-order valence-corrected chi connectivity index (χ3v) is 4.12. The van der Waals surface area contributed by atoms with Gasteiger partial charge >= 0.3 is 6.36 Å². The summed E-state index contributed by atoms with van der Waals surface area (Å²) >= 11 is 0. The average Bonchev–Trinajstić information content (AvgIpc) is 2.91. The first-order chi connectivity index (χ1) is 12.8. The Morgan fingerprint density at radius 2 is 1.81 bits per heavy atom. The van der Waals surface area contributed by atoms with Crippen LogP contribution in [0, 0.1) is 0 Å². The predicted octanol–water partition coefficient (Wildman–Crippen LogP) is 2.90. The van der Waals surface area contributed by atoms with E-state index in [4.69, 9.17) is 0 Å². The lowest BCUT2D eigenvalue weighted by Crippen LogP contribution is -2.38. The minimum atomic E-state index is -4.72. The molecule has 142 valence electrons. The molecule has 0 bridgehead atoms. The molecule has 0 fully saturated rings. The quantitative estimate of drug-likeness (QED) is 0.841. The van der Waals surface area contributed by atoms with Crippen molar-refractivity contribution in [3.8, 4) is 5.75 Å². The van der Waals surface area contributed by atoms with E-state index in [0.717, 1.165) is 11.1 Å². The van der Waals surface area contributed by atoms with Crippen molar-refractivity contribution in [2.24, 2.45) is 0 Å². The number of nitrogens with one attached hydrogen (secondary N) is 1. The van der Waals surface area contributed by atoms with Gasteiger partial charge in [-0.25, -0.2) is 0 Å². The van der Waals surface area contributed by atoms with Crippen LogP contribution in [0.2, 0.25) is 0 Å². The molecule has 0 aromatic heterocycles. The summed E-state index contributed by atoms with van der Waals surface area (Å²) in [5.41, 5.74) is 2.28. The molecule has 5 nitrogen and oxygen atoms in total. The zero-order chi connectivity index (χ0) is 19.4. The highest BCUT2D eigenvalue weighted by atomic mass is 19.4. The highest BCUT2D eigenvalue weighted by Gasteiger charge is 2.31. The Bertz CT molecular complexity index is 835. The van der Waals surface area contributed by atoms with Gasteiger partial charge in [-0.15, -0.1) is 13.2 Å². The van der Waals surface area contributed by atoms with E-state index in [9.17, 15) is 22.8 Å². The molecule has 1 heterocycles. The molecule has 2 amide bonds. The summed E-state index contributed by atoms with van der Waals surface area (Å²) in [4.78, 5) is 25.7. The second kappa shape index (κ2) is 7.69. The smallest absolute Gasteiger partial charge is 0.406 e. The van der Waals surface area contributed by atoms with Gasteiger partial charge in [0.1, 0.15) is 12.3 Å². The number of hydrogen-bond donors (Lipinski definition) is 1. The fraction of sp³-hybridized carbons (Fsp3) is 0.263. The maximum absolute atomic E-state index is 12.2. The largest absolute Gasteiger partial charge is 0.573 e. The summed E-state index contributed by atoms with van der Waals surface area (Å²) in [6.45, 7) is 0.683. The molecule has 0 aliphatic carbocycles. The van der Waals surface area contributed by atoms with Crippen molar-refractivity contribution in [1.29, 1.82) is 0 Å². The summed E-state index contributed by atoms with van der Waals surface area (Å²) in [5, 5.41) is 2.71. The molecule has 0 spiro atoms. The van der Waals surface area contributed by atoms with E-state index in [1.807, 2.05) is 12.1 Å². The molecule has 0 saturated heterocycles. The molecule has 1 aliphatic rings. The Kier molecular flexibility index (Phi) is 5.34. The molecular weight excluding hydrogens is 361 g/mol. The zero-order valence-corrected chi connectivity index (χ0v) is 14.3. The number of benzene rings is 2. The maximum Gasteiger partial charge on any atom is 0.573 e. The van der Waals surface area contributed by atoms with Crippen molar-refractivity contribution >= 4 is 11.8 Å². The normalized spacial score (nSPS) is 13.4. The van der Waals surface area contributed by atoms with E-state index in [1.165, 1.54) is 29.2 Å². The number of alkyl halides is 3. The highest BCUT2D eigenvalue weighted by molar-refractivity contribution is 6.00. The third kappa shape index (κ3) is 4.99. The Morgan fingerprint density at radius 1 is 1.11 bits per heavy atom. The monoisotopic (exact) mass is 378 g/mol. The van der Waals surface area contributed by atoms with Gasteiger partial charge in [0.15, 0.2) is 0 Å². The van der Waals surface area contributed by atoms with Crippen molar-refractivity contribution in [2.45, 2.75) is 19.3 Å². The molecule has 2 aromatic rings. The van der Waals surface area contributed by atoms with Crippen molar-refractivity contribution in [3.63, 3.8) is 0 Å². The van der Waals surface area contributed by atoms with Crippen LogP contribution < -0.4 is 10.1 Å². The first-order valence-electron chi connectivity index (χ1n) is 8.30. The number of fused-ring (bicyclic) bond motifs is 1. The van der Waals surface area contributed by atoms with Gasteiger partial charge in [-0.1, -0.05) is 30.3 Å². The van der Waals surface area contributed by atoms with Crippen LogP contribution in [0.3, 0.4) is 0 Å². The zero-order valence-electron chi connectivity index (χ0n) is 14.3. The predicted molar refractivity (Wildman–Crippen MR) is 91.0 cm³/mol. The lowest BCUT2D eigenvalue weighted by Gasteiger charge is -2.15. The molecular formula is C19H17F3N2O3. The Hall–Kier alpha value is -3.03. The second-order valence-corrected chi connectivity index (χ2v) is 6.11. The fourth-order valence-electron chi connectivity index (χ4n) is 2.88. The molecule has 0 unspecified atom stereocenters. The van der Waals surface area contributed by atoms with E-state index >= 15 is 0 Å². The van der Waals surface area contributed by atoms with Gasteiger partial charge in [0.2, 0.25) is 5.91 Å². The lowest BCUT2D eigenvalue weighted by atomic mass is 10.1. The van der Waals surface area contributed by atoms with Crippen LogP contribution in [0.4, 0.5) is 13.2 Å². The van der Waals surface area contributed by atoms with E-state index in [2.05, 4.69) is 10.1 Å². The average molecular weight is 378 g/mol. The number of amides is 2. The molecule has 0 radical (unpaired) electrons. The standard InChI is InChI=1S/C19H17F3N2O3/c20-19(21,22)27-15-7-5-13(6-8-15)9-10-23-17(25)12-24-11-14-3-1-2-4-16(14)18(24)26/h1-8H,9-12H2,(H,23,25). The molecule has 8 heteroatoms. The third-order valence-electron chi connectivity index (χ3n) is 4.12. The van der Waals surface area contributed by atoms with Crippen molar-refractivity contribution < 1.29 is 27.5 Å². The fourth-order valence-corrected chi connectivity index (χ4v) is 2.88. The summed E-state index contributed by atoms with van der Waals surface area (Å²) in [7, 11) is 0. The van der Waals surface area contributed by atoms with E-state index in [1.54, 1.807) is 12.1 Å². The molecule has 2 aromatic carbocycles. The van der Waals surface area contributed by atoms with Gasteiger partial charge in [-0.3, -0.25) is 9.59 Å². The summed E-state index contributed by atoms with van der Waals surface area (Å²) in [6, 6.07) is 12.7. The van der Waals surface area contributed by atoms with Gasteiger partial charge in [-0.2, -0.15) is 0 Å². The Morgan fingerprint density at radius 3 is 2.48 bits per heavy atom. The molecule has 27 heavy (non-hydrogen) atoms. The Balaban J connectivity index is 1.43. The topological polar surface area (TPSA) is 58.6 Å². The Labute approximate surface area is 153 Å². The van der Waals surface area contributed by atoms with E-state index < -0.39 is 6.36 Å². The van der Waals surface area contributed by atoms with E-state index in [-0.39, 0.29) is 24.1 Å². The van der Waals surface area contributed by atoms with Crippen molar-refractivity contribution in [3.05, 3.63) is 65.2 Å². The van der Waals surface area contributed by atoms with Gasteiger partial charge in [-0.05, 0) is 35.7 Å². The van der Waals surface area contributed by atoms with Crippen LogP contribution in [-0.4, -0.2) is 36.2 Å². The van der Waals surface area contributed by atoms with Crippen LogP contribution in [0.25, 0.3) is 0 Å². The van der Waals surface area contributed by atoms with Crippen LogP contribution in [0.15, 0.2) is 48.5 Å².